The van der Waals surface area contributed by atoms with Crippen LogP contribution in [0, 0.1) is 6.92 Å². The zero-order valence-electron chi connectivity index (χ0n) is 21.0. The maximum atomic E-state index is 13.3. The molecule has 172 valence electrons. The van der Waals surface area contributed by atoms with Gasteiger partial charge >= 0.3 is 8.56 Å². The van der Waals surface area contributed by atoms with Crippen LogP contribution in [0.3, 0.4) is 0 Å². The van der Waals surface area contributed by atoms with E-state index < -0.39 is 8.56 Å². The number of fused-ring (bicyclic) bond motifs is 2. The third-order valence-electron chi connectivity index (χ3n) is 6.91. The molecule has 32 heavy (non-hydrogen) atoms. The van der Waals surface area contributed by atoms with Crippen LogP contribution in [0.25, 0.3) is 16.8 Å². The summed E-state index contributed by atoms with van der Waals surface area (Å²) in [4.78, 5) is 13.3. The predicted molar refractivity (Wildman–Crippen MR) is 134 cm³/mol. The first-order valence-electron chi connectivity index (χ1n) is 11.6. The molecule has 2 aromatic rings. The Hall–Kier alpha value is -2.27. The van der Waals surface area contributed by atoms with Gasteiger partial charge in [0.2, 0.25) is 0 Å². The van der Waals surface area contributed by atoms with Gasteiger partial charge in [0.25, 0.3) is 0 Å². The average Bonchev–Trinajstić information content (AvgIpc) is 2.68. The van der Waals surface area contributed by atoms with E-state index in [1.807, 2.05) is 13.0 Å². The van der Waals surface area contributed by atoms with Gasteiger partial charge in [0.15, 0.2) is 5.78 Å². The molecule has 4 rings (SSSR count). The zero-order chi connectivity index (χ0) is 23.6. The molecule has 0 bridgehead atoms. The van der Waals surface area contributed by atoms with Gasteiger partial charge in [-0.25, -0.2) is 0 Å². The molecule has 0 unspecified atom stereocenters. The fraction of sp³-hybridized carbons (Fsp3) is 0.519. The summed E-state index contributed by atoms with van der Waals surface area (Å²) in [6, 6.07) is 2.16. The smallest absolute Gasteiger partial charge is 0.471 e. The monoisotopic (exact) mass is 452 g/mol. The molecule has 0 atom stereocenters. The molecule has 2 aromatic carbocycles. The molecular formula is C27H36O4Si. The second-order valence-electron chi connectivity index (χ2n) is 11.2. The van der Waals surface area contributed by atoms with E-state index in [0.717, 1.165) is 57.6 Å². The molecule has 0 saturated heterocycles. The van der Waals surface area contributed by atoms with Crippen molar-refractivity contribution in [2.45, 2.75) is 84.7 Å². The van der Waals surface area contributed by atoms with E-state index in [-0.39, 0.29) is 15.9 Å². The van der Waals surface area contributed by atoms with Crippen molar-refractivity contribution >= 4 is 31.2 Å². The minimum absolute atomic E-state index is 0.146. The van der Waals surface area contributed by atoms with Crippen LogP contribution < -0.4 is 13.6 Å². The Morgan fingerprint density at radius 3 is 2.22 bits per heavy atom. The standard InChI is InChI=1S/C27H36O4Si/c1-10-12-17-16(2)15-19-22-24(17)30-32(26(3,4)5,27(6,7)8)31-25(22)21-18(23(19)29-9)13-11-14-20(21)28/h10,12,15H,11,13-14H2,1-9H3/b12-10+. The van der Waals surface area contributed by atoms with E-state index in [0.29, 0.717) is 12.0 Å². The number of hydrogen-bond donors (Lipinski definition) is 0. The summed E-state index contributed by atoms with van der Waals surface area (Å²) in [6.07, 6.45) is 6.36. The van der Waals surface area contributed by atoms with Crippen molar-refractivity contribution in [2.24, 2.45) is 0 Å². The number of carbonyl (C=O) groups excluding carboxylic acids is 1. The van der Waals surface area contributed by atoms with E-state index in [9.17, 15) is 4.79 Å². The number of aryl methyl sites for hydroxylation is 1. The van der Waals surface area contributed by atoms with Gasteiger partial charge in [0.1, 0.15) is 17.2 Å². The molecule has 0 aromatic heterocycles. The molecule has 0 radical (unpaired) electrons. The van der Waals surface area contributed by atoms with Crippen LogP contribution in [0.1, 0.15) is 88.4 Å². The first-order chi connectivity index (χ1) is 14.9. The molecule has 4 nitrogen and oxygen atoms in total. The van der Waals surface area contributed by atoms with Gasteiger partial charge in [0.05, 0.1) is 18.1 Å². The average molecular weight is 453 g/mol. The summed E-state index contributed by atoms with van der Waals surface area (Å²) in [6.45, 7) is 17.4. The Bertz CT molecular complexity index is 1130. The van der Waals surface area contributed by atoms with Crippen molar-refractivity contribution in [3.63, 3.8) is 0 Å². The number of benzene rings is 2. The van der Waals surface area contributed by atoms with Crippen LogP contribution in [-0.4, -0.2) is 21.5 Å². The van der Waals surface area contributed by atoms with E-state index in [2.05, 4.69) is 60.6 Å². The molecule has 0 N–H and O–H groups in total. The number of hydrogen-bond acceptors (Lipinski definition) is 4. The van der Waals surface area contributed by atoms with Gasteiger partial charge in [-0.05, 0) is 38.3 Å². The minimum Gasteiger partial charge on any atom is -0.510 e. The summed E-state index contributed by atoms with van der Waals surface area (Å²) in [7, 11) is -1.25. The Morgan fingerprint density at radius 2 is 1.66 bits per heavy atom. The summed E-state index contributed by atoms with van der Waals surface area (Å²) < 4.78 is 20.1. The Balaban J connectivity index is 2.24. The summed E-state index contributed by atoms with van der Waals surface area (Å²) >= 11 is 0. The van der Waals surface area contributed by atoms with E-state index in [4.69, 9.17) is 13.6 Å². The molecule has 0 spiro atoms. The predicted octanol–water partition coefficient (Wildman–Crippen LogP) is 7.52. The number of allylic oxidation sites excluding steroid dienone is 1. The second-order valence-corrected chi connectivity index (χ2v) is 15.8. The lowest BCUT2D eigenvalue weighted by molar-refractivity contribution is 0.0969. The largest absolute Gasteiger partial charge is 0.510 e. The third-order valence-corrected chi connectivity index (χ3v) is 11.8. The minimum atomic E-state index is -2.94. The summed E-state index contributed by atoms with van der Waals surface area (Å²) in [5.41, 5.74) is 3.89. The van der Waals surface area contributed by atoms with Gasteiger partial charge in [0, 0.05) is 33.0 Å². The van der Waals surface area contributed by atoms with Gasteiger partial charge in [-0.15, -0.1) is 0 Å². The summed E-state index contributed by atoms with van der Waals surface area (Å²) in [5, 5.41) is 1.40. The fourth-order valence-electron chi connectivity index (χ4n) is 5.69. The summed E-state index contributed by atoms with van der Waals surface area (Å²) in [5.74, 6) is 2.50. The number of carbonyl (C=O) groups is 1. The van der Waals surface area contributed by atoms with Crippen LogP contribution >= 0.6 is 0 Å². The SMILES string of the molecule is C/C=C/c1c(C)cc2c(OC)c3c(c4c2c1O[Si](C(C)(C)C)(C(C)(C)C)O4)C(=O)CCC3. The van der Waals surface area contributed by atoms with Crippen molar-refractivity contribution in [2.75, 3.05) is 7.11 Å². The molecule has 1 heterocycles. The number of ether oxygens (including phenoxy) is 1. The Kier molecular flexibility index (Phi) is 5.28. The van der Waals surface area contributed by atoms with Gasteiger partial charge in [-0.3, -0.25) is 4.79 Å². The lowest BCUT2D eigenvalue weighted by Gasteiger charge is -2.51. The van der Waals surface area contributed by atoms with Crippen LogP contribution in [0.15, 0.2) is 12.1 Å². The highest BCUT2D eigenvalue weighted by atomic mass is 28.4. The van der Waals surface area contributed by atoms with Crippen LogP contribution in [0.5, 0.6) is 17.2 Å². The van der Waals surface area contributed by atoms with E-state index >= 15 is 0 Å². The Morgan fingerprint density at radius 1 is 1.03 bits per heavy atom. The maximum absolute atomic E-state index is 13.3. The van der Waals surface area contributed by atoms with Crippen molar-refractivity contribution < 1.29 is 18.4 Å². The van der Waals surface area contributed by atoms with Crippen molar-refractivity contribution in [1.29, 1.82) is 0 Å². The van der Waals surface area contributed by atoms with Crippen LogP contribution in [-0.2, 0) is 6.42 Å². The molecule has 0 saturated carbocycles. The maximum Gasteiger partial charge on any atom is 0.471 e. The molecule has 2 aliphatic rings. The molecule has 0 fully saturated rings. The fourth-order valence-corrected chi connectivity index (χ4v) is 10.2. The molecule has 0 amide bonds. The van der Waals surface area contributed by atoms with Crippen molar-refractivity contribution in [3.05, 3.63) is 34.4 Å². The first kappa shape index (κ1) is 22.9. The zero-order valence-corrected chi connectivity index (χ0v) is 22.0. The number of ketones is 1. The third kappa shape index (κ3) is 3.04. The van der Waals surface area contributed by atoms with Gasteiger partial charge in [-0.1, -0.05) is 53.7 Å². The highest BCUT2D eigenvalue weighted by Gasteiger charge is 2.64. The van der Waals surface area contributed by atoms with Crippen molar-refractivity contribution in [3.8, 4) is 17.2 Å². The van der Waals surface area contributed by atoms with Gasteiger partial charge < -0.3 is 13.6 Å². The normalized spacial score (nSPS) is 17.8. The topological polar surface area (TPSA) is 44.8 Å². The Labute approximate surface area is 193 Å². The molecular weight excluding hydrogens is 416 g/mol. The van der Waals surface area contributed by atoms with Crippen LogP contribution in [0.4, 0.5) is 0 Å². The van der Waals surface area contributed by atoms with Crippen molar-refractivity contribution in [1.82, 2.24) is 0 Å². The quantitative estimate of drug-likeness (QED) is 0.442. The number of methoxy groups -OCH3 is 1. The lowest BCUT2D eigenvalue weighted by atomic mass is 9.85. The molecule has 1 aliphatic heterocycles. The van der Waals surface area contributed by atoms with E-state index in [1.54, 1.807) is 7.11 Å². The number of Topliss-reactive ketones (excluding diaryl/α,β-unsaturated/α-hetero) is 1. The van der Waals surface area contributed by atoms with Crippen LogP contribution in [0.2, 0.25) is 10.1 Å². The lowest BCUT2D eigenvalue weighted by Crippen LogP contribution is -2.63. The molecule has 1 aliphatic carbocycles. The van der Waals surface area contributed by atoms with E-state index in [1.165, 1.54) is 0 Å². The number of rotatable bonds is 2. The highest BCUT2D eigenvalue weighted by molar-refractivity contribution is 6.75. The first-order valence-corrected chi connectivity index (χ1v) is 13.4. The highest BCUT2D eigenvalue weighted by Crippen LogP contribution is 2.60. The second kappa shape index (κ2) is 7.37. The molecule has 5 heteroatoms. The van der Waals surface area contributed by atoms with Gasteiger partial charge in [-0.2, -0.15) is 0 Å².